The van der Waals surface area contributed by atoms with Crippen molar-refractivity contribution >= 4 is 17.1 Å². The van der Waals surface area contributed by atoms with Crippen LogP contribution in [-0.4, -0.2) is 11.5 Å². The summed E-state index contributed by atoms with van der Waals surface area (Å²) in [5.41, 5.74) is 6.89. The summed E-state index contributed by atoms with van der Waals surface area (Å²) in [5.74, 6) is 1.50. The van der Waals surface area contributed by atoms with Crippen LogP contribution in [0.2, 0.25) is 0 Å². The molecule has 5 heteroatoms. The van der Waals surface area contributed by atoms with Crippen molar-refractivity contribution in [1.29, 1.82) is 0 Å². The van der Waals surface area contributed by atoms with Gasteiger partial charge in [-0.3, -0.25) is 10.1 Å². The standard InChI is InChI=1S/C14H21N3O2/c1-10-2-4-11(5-3-10)9-16-13-6-12(15)7-14(8-13)17(18)19/h6-8,10-11,16H,2-5,9,15H2,1H3. The number of nitrogens with one attached hydrogen (secondary N) is 1. The summed E-state index contributed by atoms with van der Waals surface area (Å²) in [6.45, 7) is 3.16. The highest BCUT2D eigenvalue weighted by Gasteiger charge is 2.18. The Bertz CT molecular complexity index is 454. The zero-order valence-electron chi connectivity index (χ0n) is 11.3. The second-order valence-corrected chi connectivity index (χ2v) is 5.58. The number of hydrogen-bond donors (Lipinski definition) is 2. The van der Waals surface area contributed by atoms with Gasteiger partial charge in [0, 0.05) is 30.1 Å². The highest BCUT2D eigenvalue weighted by molar-refractivity contribution is 5.61. The van der Waals surface area contributed by atoms with E-state index in [1.165, 1.54) is 31.7 Å². The van der Waals surface area contributed by atoms with Crippen molar-refractivity contribution in [2.75, 3.05) is 17.6 Å². The minimum absolute atomic E-state index is 0.0415. The molecule has 0 bridgehead atoms. The fraction of sp³-hybridized carbons (Fsp3) is 0.571. The summed E-state index contributed by atoms with van der Waals surface area (Å²) in [6.07, 6.45) is 5.03. The molecule has 0 radical (unpaired) electrons. The molecule has 0 aliphatic heterocycles. The number of benzene rings is 1. The van der Waals surface area contributed by atoms with Gasteiger partial charge in [-0.15, -0.1) is 0 Å². The van der Waals surface area contributed by atoms with Gasteiger partial charge >= 0.3 is 0 Å². The summed E-state index contributed by atoms with van der Waals surface area (Å²) in [5, 5.41) is 14.1. The number of hydrogen-bond acceptors (Lipinski definition) is 4. The molecule has 1 aromatic rings. The van der Waals surface area contributed by atoms with Crippen LogP contribution in [0.1, 0.15) is 32.6 Å². The zero-order valence-corrected chi connectivity index (χ0v) is 11.3. The molecular weight excluding hydrogens is 242 g/mol. The van der Waals surface area contributed by atoms with Crippen LogP contribution >= 0.6 is 0 Å². The van der Waals surface area contributed by atoms with Gasteiger partial charge in [0.05, 0.1) is 4.92 Å². The van der Waals surface area contributed by atoms with E-state index >= 15 is 0 Å². The zero-order chi connectivity index (χ0) is 13.8. The van der Waals surface area contributed by atoms with E-state index in [-0.39, 0.29) is 5.69 Å². The van der Waals surface area contributed by atoms with Crippen molar-refractivity contribution in [3.05, 3.63) is 28.3 Å². The molecule has 19 heavy (non-hydrogen) atoms. The third-order valence-electron chi connectivity index (χ3n) is 3.88. The summed E-state index contributed by atoms with van der Waals surface area (Å²) in [7, 11) is 0. The molecule has 5 nitrogen and oxygen atoms in total. The maximum Gasteiger partial charge on any atom is 0.273 e. The topological polar surface area (TPSA) is 81.2 Å². The maximum atomic E-state index is 10.8. The fourth-order valence-corrected chi connectivity index (χ4v) is 2.64. The quantitative estimate of drug-likeness (QED) is 0.495. The normalized spacial score (nSPS) is 23.0. The van der Waals surface area contributed by atoms with E-state index in [0.29, 0.717) is 11.6 Å². The van der Waals surface area contributed by atoms with Crippen molar-refractivity contribution in [2.24, 2.45) is 11.8 Å². The van der Waals surface area contributed by atoms with Crippen LogP contribution in [0.4, 0.5) is 17.1 Å². The third kappa shape index (κ3) is 3.84. The number of nitro groups is 1. The van der Waals surface area contributed by atoms with Crippen LogP contribution in [0.3, 0.4) is 0 Å². The number of anilines is 2. The van der Waals surface area contributed by atoms with Gasteiger partial charge in [-0.1, -0.05) is 19.8 Å². The third-order valence-corrected chi connectivity index (χ3v) is 3.88. The highest BCUT2D eigenvalue weighted by Crippen LogP contribution is 2.29. The Morgan fingerprint density at radius 2 is 2.00 bits per heavy atom. The molecule has 2 rings (SSSR count). The molecule has 0 spiro atoms. The molecule has 104 valence electrons. The second-order valence-electron chi connectivity index (χ2n) is 5.58. The first-order valence-electron chi connectivity index (χ1n) is 6.83. The first-order chi connectivity index (χ1) is 9.04. The summed E-state index contributed by atoms with van der Waals surface area (Å²) >= 11 is 0. The van der Waals surface area contributed by atoms with E-state index in [1.807, 2.05) is 0 Å². The number of nitrogens with two attached hydrogens (primary N) is 1. The van der Waals surface area contributed by atoms with Gasteiger partial charge in [0.1, 0.15) is 0 Å². The van der Waals surface area contributed by atoms with Crippen LogP contribution in [0.5, 0.6) is 0 Å². The van der Waals surface area contributed by atoms with Gasteiger partial charge in [0.2, 0.25) is 0 Å². The average molecular weight is 263 g/mol. The van der Waals surface area contributed by atoms with Crippen molar-refractivity contribution < 1.29 is 4.92 Å². The number of nitrogen functional groups attached to an aromatic ring is 1. The van der Waals surface area contributed by atoms with E-state index < -0.39 is 4.92 Å². The Kier molecular flexibility index (Phi) is 4.24. The largest absolute Gasteiger partial charge is 0.398 e. The average Bonchev–Trinajstić information content (AvgIpc) is 2.37. The van der Waals surface area contributed by atoms with Gasteiger partial charge in [0.25, 0.3) is 5.69 Å². The number of rotatable bonds is 4. The molecule has 0 aromatic heterocycles. The Morgan fingerprint density at radius 3 is 2.63 bits per heavy atom. The van der Waals surface area contributed by atoms with Crippen LogP contribution in [-0.2, 0) is 0 Å². The fourth-order valence-electron chi connectivity index (χ4n) is 2.64. The molecule has 1 aliphatic rings. The molecule has 0 saturated heterocycles. The lowest BCUT2D eigenvalue weighted by atomic mass is 9.83. The van der Waals surface area contributed by atoms with Crippen LogP contribution in [0, 0.1) is 22.0 Å². The second kappa shape index (κ2) is 5.91. The van der Waals surface area contributed by atoms with Gasteiger partial charge in [-0.05, 0) is 30.7 Å². The first kappa shape index (κ1) is 13.6. The van der Waals surface area contributed by atoms with Gasteiger partial charge in [-0.25, -0.2) is 0 Å². The SMILES string of the molecule is CC1CCC(CNc2cc(N)cc([N+](=O)[O-])c2)CC1. The van der Waals surface area contributed by atoms with Crippen LogP contribution < -0.4 is 11.1 Å². The minimum Gasteiger partial charge on any atom is -0.398 e. The molecule has 0 heterocycles. The lowest BCUT2D eigenvalue weighted by Crippen LogP contribution is -2.20. The van der Waals surface area contributed by atoms with Crippen molar-refractivity contribution in [3.63, 3.8) is 0 Å². The molecular formula is C14H21N3O2. The summed E-state index contributed by atoms with van der Waals surface area (Å²) in [4.78, 5) is 10.4. The predicted molar refractivity (Wildman–Crippen MR) is 77.1 cm³/mol. The van der Waals surface area contributed by atoms with E-state index in [0.717, 1.165) is 18.2 Å². The van der Waals surface area contributed by atoms with E-state index in [9.17, 15) is 10.1 Å². The lowest BCUT2D eigenvalue weighted by molar-refractivity contribution is -0.384. The lowest BCUT2D eigenvalue weighted by Gasteiger charge is -2.26. The Morgan fingerprint density at radius 1 is 1.32 bits per heavy atom. The van der Waals surface area contributed by atoms with Gasteiger partial charge in [-0.2, -0.15) is 0 Å². The first-order valence-corrected chi connectivity index (χ1v) is 6.83. The Labute approximate surface area is 113 Å². The van der Waals surface area contributed by atoms with Gasteiger partial charge in [0.15, 0.2) is 0 Å². The van der Waals surface area contributed by atoms with Crippen molar-refractivity contribution in [1.82, 2.24) is 0 Å². The molecule has 1 aromatic carbocycles. The molecule has 1 saturated carbocycles. The Balaban J connectivity index is 1.94. The summed E-state index contributed by atoms with van der Waals surface area (Å²) in [6, 6.07) is 4.67. The van der Waals surface area contributed by atoms with Gasteiger partial charge < -0.3 is 11.1 Å². The molecule has 1 aliphatic carbocycles. The molecule has 0 unspecified atom stereocenters. The Hall–Kier alpha value is -1.78. The monoisotopic (exact) mass is 263 g/mol. The van der Waals surface area contributed by atoms with E-state index in [4.69, 9.17) is 5.73 Å². The minimum atomic E-state index is -0.413. The smallest absolute Gasteiger partial charge is 0.273 e. The van der Waals surface area contributed by atoms with E-state index in [2.05, 4.69) is 12.2 Å². The molecule has 3 N–H and O–H groups in total. The van der Waals surface area contributed by atoms with Crippen LogP contribution in [0.15, 0.2) is 18.2 Å². The summed E-state index contributed by atoms with van der Waals surface area (Å²) < 4.78 is 0. The number of nitro benzene ring substituents is 1. The van der Waals surface area contributed by atoms with Crippen molar-refractivity contribution in [3.8, 4) is 0 Å². The number of nitrogens with zero attached hydrogens (tertiary/aromatic N) is 1. The maximum absolute atomic E-state index is 10.8. The van der Waals surface area contributed by atoms with E-state index in [1.54, 1.807) is 12.1 Å². The molecule has 0 atom stereocenters. The van der Waals surface area contributed by atoms with Crippen molar-refractivity contribution in [2.45, 2.75) is 32.6 Å². The number of non-ortho nitro benzene ring substituents is 1. The molecule has 0 amide bonds. The predicted octanol–water partition coefficient (Wildman–Crippen LogP) is 3.42. The molecule has 1 fully saturated rings. The van der Waals surface area contributed by atoms with Crippen LogP contribution in [0.25, 0.3) is 0 Å². The highest BCUT2D eigenvalue weighted by atomic mass is 16.6.